The van der Waals surface area contributed by atoms with Crippen molar-refractivity contribution < 1.29 is 36.2 Å². The monoisotopic (exact) mass is 340 g/mol. The summed E-state index contributed by atoms with van der Waals surface area (Å²) in [4.78, 5) is 18.2. The summed E-state index contributed by atoms with van der Waals surface area (Å²) in [5.74, 6) is -1.32. The highest BCUT2D eigenvalue weighted by Crippen LogP contribution is 2.39. The van der Waals surface area contributed by atoms with E-state index in [1.165, 1.54) is 14.0 Å². The van der Waals surface area contributed by atoms with Crippen molar-refractivity contribution in [3.05, 3.63) is 22.5 Å². The van der Waals surface area contributed by atoms with Gasteiger partial charge in [0.25, 0.3) is 6.43 Å². The summed E-state index contributed by atoms with van der Waals surface area (Å²) < 4.78 is 74.3. The molecule has 0 atom stereocenters. The topological polar surface area (TPSA) is 60.8 Å². The van der Waals surface area contributed by atoms with Crippen molar-refractivity contribution in [2.24, 2.45) is 4.99 Å². The molecule has 0 fully saturated rings. The predicted molar refractivity (Wildman–Crippen MR) is 70.1 cm³/mol. The number of aliphatic imine (C=N–C) groups is 1. The second-order valence-corrected chi connectivity index (χ2v) is 4.18. The molecule has 1 aromatic heterocycles. The summed E-state index contributed by atoms with van der Waals surface area (Å²) in [5.41, 5.74) is -4.88. The number of nitrogens with zero attached hydrogens (tertiary/aromatic N) is 2. The Morgan fingerprint density at radius 2 is 2.00 bits per heavy atom. The smallest absolute Gasteiger partial charge is 0.434 e. The molecule has 0 bridgehead atoms. The molecule has 10 heteroatoms. The molecule has 1 rings (SSSR count). The van der Waals surface area contributed by atoms with Crippen LogP contribution in [0.5, 0.6) is 0 Å². The lowest BCUT2D eigenvalue weighted by atomic mass is 10.0. The predicted octanol–water partition coefficient (Wildman–Crippen LogP) is 3.83. The fourth-order valence-corrected chi connectivity index (χ4v) is 1.80. The number of hydrogen-bond acceptors (Lipinski definition) is 5. The maximum absolute atomic E-state index is 13.1. The molecule has 0 aromatic carbocycles. The van der Waals surface area contributed by atoms with Gasteiger partial charge < -0.3 is 9.47 Å². The van der Waals surface area contributed by atoms with E-state index in [-0.39, 0.29) is 6.61 Å². The number of ether oxygens (including phenoxy) is 2. The summed E-state index contributed by atoms with van der Waals surface area (Å²) in [6.45, 7) is 2.26. The maximum atomic E-state index is 13.1. The number of hydrogen-bond donors (Lipinski definition) is 0. The van der Waals surface area contributed by atoms with Crippen molar-refractivity contribution in [3.8, 4) is 0 Å². The minimum Gasteiger partial charge on any atom is -0.486 e. The maximum Gasteiger partial charge on any atom is 0.434 e. The van der Waals surface area contributed by atoms with Gasteiger partial charge >= 0.3 is 12.1 Å². The van der Waals surface area contributed by atoms with E-state index in [1.807, 2.05) is 0 Å². The number of pyridine rings is 1. The Morgan fingerprint density at radius 1 is 1.39 bits per heavy atom. The molecule has 0 aliphatic rings. The molecule has 23 heavy (non-hydrogen) atoms. The average Bonchev–Trinajstić information content (AvgIpc) is 2.43. The van der Waals surface area contributed by atoms with Gasteiger partial charge in [-0.2, -0.15) is 13.2 Å². The van der Waals surface area contributed by atoms with Gasteiger partial charge in [-0.15, -0.1) is 0 Å². The van der Waals surface area contributed by atoms with Crippen molar-refractivity contribution in [1.82, 2.24) is 4.98 Å². The molecule has 0 saturated carbocycles. The van der Waals surface area contributed by atoms with Crippen LogP contribution < -0.4 is 0 Å². The zero-order chi connectivity index (χ0) is 17.8. The third-order valence-corrected chi connectivity index (χ3v) is 2.68. The third kappa shape index (κ3) is 4.14. The van der Waals surface area contributed by atoms with Gasteiger partial charge in [0.05, 0.1) is 25.0 Å². The van der Waals surface area contributed by atoms with Crippen LogP contribution in [-0.2, 0) is 15.7 Å². The Kier molecular flexibility index (Phi) is 5.99. The largest absolute Gasteiger partial charge is 0.486 e. The van der Waals surface area contributed by atoms with Crippen molar-refractivity contribution in [2.75, 3.05) is 13.7 Å². The Balaban J connectivity index is 3.77. The first-order valence-electron chi connectivity index (χ1n) is 6.27. The fourth-order valence-electron chi connectivity index (χ4n) is 1.80. The van der Waals surface area contributed by atoms with Crippen molar-refractivity contribution in [3.63, 3.8) is 0 Å². The van der Waals surface area contributed by atoms with E-state index in [2.05, 4.69) is 19.5 Å². The SMILES string of the molecule is CCOC(=O)c1c(C(F)(F)F)nc(C(F)F)c(N=COC)c1C. The Hall–Kier alpha value is -2.26. The lowest BCUT2D eigenvalue weighted by Crippen LogP contribution is -2.20. The molecule has 0 unspecified atom stereocenters. The van der Waals surface area contributed by atoms with Gasteiger partial charge in [-0.25, -0.2) is 23.6 Å². The number of methoxy groups -OCH3 is 1. The molecular formula is C13H13F5N2O3. The molecule has 0 spiro atoms. The number of carbonyl (C=O) groups is 1. The highest BCUT2D eigenvalue weighted by atomic mass is 19.4. The second-order valence-electron chi connectivity index (χ2n) is 4.18. The van der Waals surface area contributed by atoms with Gasteiger partial charge in [-0.3, -0.25) is 0 Å². The van der Waals surface area contributed by atoms with Gasteiger partial charge in [0, 0.05) is 0 Å². The van der Waals surface area contributed by atoms with E-state index in [9.17, 15) is 26.7 Å². The van der Waals surface area contributed by atoms with Gasteiger partial charge in [0.1, 0.15) is 5.69 Å². The minimum atomic E-state index is -5.11. The normalized spacial score (nSPS) is 12.0. The molecule has 5 nitrogen and oxygen atoms in total. The summed E-state index contributed by atoms with van der Waals surface area (Å²) in [6, 6.07) is 0. The van der Waals surface area contributed by atoms with Crippen molar-refractivity contribution in [2.45, 2.75) is 26.4 Å². The number of esters is 1. The van der Waals surface area contributed by atoms with Crippen molar-refractivity contribution in [1.29, 1.82) is 0 Å². The van der Waals surface area contributed by atoms with Crippen molar-refractivity contribution >= 4 is 18.1 Å². The Bertz CT molecular complexity index is 615. The quantitative estimate of drug-likeness (QED) is 0.354. The molecule has 1 heterocycles. The molecule has 0 aliphatic carbocycles. The molecular weight excluding hydrogens is 327 g/mol. The van der Waals surface area contributed by atoms with Crippen LogP contribution in [-0.4, -0.2) is 31.1 Å². The first-order valence-corrected chi connectivity index (χ1v) is 6.27. The second kappa shape index (κ2) is 7.34. The van der Waals surface area contributed by atoms with E-state index in [1.54, 1.807) is 0 Å². The molecule has 0 saturated heterocycles. The third-order valence-electron chi connectivity index (χ3n) is 2.68. The molecule has 128 valence electrons. The van der Waals surface area contributed by atoms with E-state index in [4.69, 9.17) is 0 Å². The molecule has 0 radical (unpaired) electrons. The average molecular weight is 340 g/mol. The number of carbonyl (C=O) groups excluding carboxylic acids is 1. The van der Waals surface area contributed by atoms with Gasteiger partial charge in [0.15, 0.2) is 12.1 Å². The number of aromatic nitrogens is 1. The highest BCUT2D eigenvalue weighted by Gasteiger charge is 2.41. The first-order chi connectivity index (χ1) is 10.6. The lowest BCUT2D eigenvalue weighted by molar-refractivity contribution is -0.142. The minimum absolute atomic E-state index is 0.192. The van der Waals surface area contributed by atoms with Crippen LogP contribution in [0.3, 0.4) is 0 Å². The number of alkyl halides is 5. The van der Waals surface area contributed by atoms with Crippen LogP contribution in [0.25, 0.3) is 0 Å². The van der Waals surface area contributed by atoms with Gasteiger partial charge in [-0.1, -0.05) is 0 Å². The molecule has 1 aromatic rings. The Labute approximate surface area is 128 Å². The van der Waals surface area contributed by atoms with E-state index in [0.717, 1.165) is 13.3 Å². The van der Waals surface area contributed by atoms with E-state index >= 15 is 0 Å². The van der Waals surface area contributed by atoms with Crippen LogP contribution in [0.4, 0.5) is 27.6 Å². The molecule has 0 N–H and O–H groups in total. The summed E-state index contributed by atoms with van der Waals surface area (Å²) in [7, 11) is 1.17. The fraction of sp³-hybridized carbons (Fsp3) is 0.462. The highest BCUT2D eigenvalue weighted by molar-refractivity contribution is 5.94. The zero-order valence-electron chi connectivity index (χ0n) is 12.4. The van der Waals surface area contributed by atoms with Gasteiger partial charge in [0.2, 0.25) is 0 Å². The summed E-state index contributed by atoms with van der Waals surface area (Å²) >= 11 is 0. The standard InChI is InChI=1S/C13H13F5N2O3/c1-4-23-12(21)7-6(2)8(19-5-22-3)9(11(14)15)20-10(7)13(16,17)18/h5,11H,4H2,1-3H3. The number of rotatable bonds is 5. The summed E-state index contributed by atoms with van der Waals surface area (Å²) in [6.07, 6.45) is -7.69. The number of halogens is 5. The first kappa shape index (κ1) is 18.8. The lowest BCUT2D eigenvalue weighted by Gasteiger charge is -2.17. The van der Waals surface area contributed by atoms with E-state index in [0.29, 0.717) is 0 Å². The van der Waals surface area contributed by atoms with Crippen LogP contribution in [0.1, 0.15) is 40.7 Å². The van der Waals surface area contributed by atoms with Crippen LogP contribution in [0.2, 0.25) is 0 Å². The molecule has 0 aliphatic heterocycles. The van der Waals surface area contributed by atoms with Crippen LogP contribution >= 0.6 is 0 Å². The summed E-state index contributed by atoms with van der Waals surface area (Å²) in [5, 5.41) is 0. The Morgan fingerprint density at radius 3 is 2.43 bits per heavy atom. The van der Waals surface area contributed by atoms with E-state index < -0.39 is 46.8 Å². The van der Waals surface area contributed by atoms with Gasteiger partial charge in [-0.05, 0) is 19.4 Å². The van der Waals surface area contributed by atoms with Crippen LogP contribution in [0.15, 0.2) is 4.99 Å². The molecule has 0 amide bonds. The van der Waals surface area contributed by atoms with Crippen LogP contribution in [0, 0.1) is 6.92 Å². The zero-order valence-corrected chi connectivity index (χ0v) is 12.4.